The van der Waals surface area contributed by atoms with Gasteiger partial charge in [0.05, 0.1) is 11.0 Å². The van der Waals surface area contributed by atoms with Gasteiger partial charge in [-0.3, -0.25) is 9.13 Å². The highest BCUT2D eigenvalue weighted by Gasteiger charge is 2.54. The number of nitrogens with zero attached hydrogens (tertiary/aromatic N) is 2. The van der Waals surface area contributed by atoms with E-state index in [-0.39, 0.29) is 24.3 Å². The van der Waals surface area contributed by atoms with Crippen LogP contribution in [0.1, 0.15) is 49.9 Å². The molecule has 4 aliphatic heterocycles. The first-order valence-corrected chi connectivity index (χ1v) is 30.9. The molecule has 2 aliphatic carbocycles. The Morgan fingerprint density at radius 1 is 0.369 bits per heavy atom. The van der Waals surface area contributed by atoms with Gasteiger partial charge in [0.25, 0.3) is 6.71 Å². The molecule has 0 fully saturated rings. The van der Waals surface area contributed by atoms with Gasteiger partial charge in [0.1, 0.15) is 11.5 Å². The number of benzene rings is 11. The van der Waals surface area contributed by atoms with E-state index in [2.05, 4.69) is 267 Å². The van der Waals surface area contributed by atoms with E-state index >= 15 is 0 Å². The zero-order chi connectivity index (χ0) is 55.5. The molecular formula is C76H50B2N2O2S2. The minimum absolute atomic E-state index is 0.0804. The average Bonchev–Trinajstić information content (AvgIpc) is 1.59. The maximum absolute atomic E-state index is 7.48. The Labute approximate surface area is 496 Å². The van der Waals surface area contributed by atoms with E-state index in [4.69, 9.17) is 9.47 Å². The van der Waals surface area contributed by atoms with Crippen molar-refractivity contribution in [1.82, 2.24) is 9.13 Å². The molecule has 6 aliphatic rings. The fourth-order valence-electron chi connectivity index (χ4n) is 15.7. The van der Waals surface area contributed by atoms with Crippen molar-refractivity contribution in [3.05, 3.63) is 263 Å². The average molecular weight is 1110 g/mol. The summed E-state index contributed by atoms with van der Waals surface area (Å²) in [5, 5.41) is 7.06. The van der Waals surface area contributed by atoms with Gasteiger partial charge in [-0.25, -0.2) is 0 Å². The summed E-state index contributed by atoms with van der Waals surface area (Å²) in [7, 11) is 0. The zero-order valence-corrected chi connectivity index (χ0v) is 48.3. The lowest BCUT2D eigenvalue weighted by Gasteiger charge is -2.37. The number of ether oxygens (including phenoxy) is 2. The van der Waals surface area contributed by atoms with Gasteiger partial charge in [0.15, 0.2) is 0 Å². The topological polar surface area (TPSA) is 28.3 Å². The molecule has 11 aromatic carbocycles. The summed E-state index contributed by atoms with van der Waals surface area (Å²) in [6.07, 6.45) is 0. The van der Waals surface area contributed by atoms with Crippen LogP contribution in [0.3, 0.4) is 0 Å². The maximum atomic E-state index is 7.48. The Kier molecular flexibility index (Phi) is 9.49. The molecule has 8 heteroatoms. The summed E-state index contributed by atoms with van der Waals surface area (Å²) in [4.78, 5) is 5.63. The minimum atomic E-state index is -0.241. The van der Waals surface area contributed by atoms with Crippen molar-refractivity contribution in [3.63, 3.8) is 0 Å². The summed E-state index contributed by atoms with van der Waals surface area (Å²) in [5.74, 6) is 3.35. The number of rotatable bonds is 4. The van der Waals surface area contributed by atoms with Crippen LogP contribution in [0.15, 0.2) is 250 Å². The Balaban J connectivity index is 0.836. The Hall–Kier alpha value is -9.07. The van der Waals surface area contributed by atoms with Crippen LogP contribution in [0, 0.1) is 0 Å². The fraction of sp³-hybridized carbons (Fsp3) is 0.0789. The predicted molar refractivity (Wildman–Crippen MR) is 354 cm³/mol. The fourth-order valence-corrected chi connectivity index (χ4v) is 18.7. The van der Waals surface area contributed by atoms with Gasteiger partial charge >= 0.3 is 0 Å². The second-order valence-corrected chi connectivity index (χ2v) is 26.7. The third kappa shape index (κ3) is 6.19. The molecule has 4 nitrogen and oxygen atoms in total. The normalized spacial score (nSPS) is 16.0. The first-order valence-electron chi connectivity index (χ1n) is 29.3. The van der Waals surface area contributed by atoms with Crippen LogP contribution in [-0.4, -0.2) is 22.6 Å². The first-order chi connectivity index (χ1) is 41.2. The molecule has 0 radical (unpaired) electrons. The number of hydrogen-bond donors (Lipinski definition) is 0. The molecule has 0 saturated carbocycles. The number of para-hydroxylation sites is 3. The van der Waals surface area contributed by atoms with Crippen LogP contribution in [0.5, 0.6) is 23.3 Å². The van der Waals surface area contributed by atoms with Crippen LogP contribution >= 0.6 is 23.5 Å². The van der Waals surface area contributed by atoms with Gasteiger partial charge in [0, 0.05) is 53.8 Å². The second-order valence-electron chi connectivity index (χ2n) is 24.6. The lowest BCUT2D eigenvalue weighted by Crippen LogP contribution is -2.57. The van der Waals surface area contributed by atoms with E-state index in [1.165, 1.54) is 91.3 Å². The number of aromatic nitrogens is 2. The predicted octanol–water partition coefficient (Wildman–Crippen LogP) is 17.3. The van der Waals surface area contributed by atoms with Gasteiger partial charge in [-0.15, -0.1) is 0 Å². The monoisotopic (exact) mass is 1110 g/mol. The Morgan fingerprint density at radius 2 is 0.940 bits per heavy atom. The van der Waals surface area contributed by atoms with Gasteiger partial charge in [0.2, 0.25) is 18.5 Å². The maximum Gasteiger partial charge on any atom is 0.266 e. The zero-order valence-electron chi connectivity index (χ0n) is 46.6. The Bertz CT molecular complexity index is 5210. The van der Waals surface area contributed by atoms with Crippen molar-refractivity contribution < 1.29 is 9.47 Å². The molecule has 394 valence electrons. The summed E-state index contributed by atoms with van der Waals surface area (Å²) >= 11 is 4.03. The summed E-state index contributed by atoms with van der Waals surface area (Å²) in [5.41, 5.74) is 22.2. The SMILES string of the molecule is CC1(C)C2=C(B3C4=C(Sc5cc(-c6ccc7c8c(n(-c9ccccc9)c7c6)Oc6cc7ccccc7c7c6B8c6c(n(-c8ccccc8)c8ccccc68)O7)cc(c53)S2)C(C)(C)c2cc3c(-c5ccccc5)cccc3cc24)c2ccccc21. The molecule has 0 amide bonds. The molecule has 19 rings (SSSR count). The summed E-state index contributed by atoms with van der Waals surface area (Å²) < 4.78 is 19.6. The van der Waals surface area contributed by atoms with Crippen molar-refractivity contribution in [1.29, 1.82) is 0 Å². The smallest absolute Gasteiger partial charge is 0.266 e. The molecule has 0 atom stereocenters. The molecule has 0 bridgehead atoms. The van der Waals surface area contributed by atoms with E-state index in [0.29, 0.717) is 0 Å². The molecule has 13 aromatic rings. The molecule has 2 aromatic heterocycles. The second kappa shape index (κ2) is 16.8. The quantitative estimate of drug-likeness (QED) is 0.164. The van der Waals surface area contributed by atoms with Crippen molar-refractivity contribution in [3.8, 4) is 56.9 Å². The Morgan fingerprint density at radius 3 is 1.69 bits per heavy atom. The van der Waals surface area contributed by atoms with Gasteiger partial charge in [-0.2, -0.15) is 0 Å². The number of fused-ring (bicyclic) bond motifs is 17. The molecule has 84 heavy (non-hydrogen) atoms. The summed E-state index contributed by atoms with van der Waals surface area (Å²) in [6.45, 7) is 9.74. The van der Waals surface area contributed by atoms with E-state index in [9.17, 15) is 0 Å². The lowest BCUT2D eigenvalue weighted by atomic mass is 9.33. The molecule has 0 unspecified atom stereocenters. The standard InChI is InChI=1S/C76H50B2N2O2S2/c1-75(2)57-33-18-16-30-52(57)64-71(75)83-62-40-47(41-63-69(62)77(64)65-56-37-45-24-20-32-50(43-21-8-5-9-22-43)55(45)42-58(56)76(3,4)72(65)84-63)44-35-36-54-60(38-44)80(49-27-12-7-13-28-49)73-67(54)78-66-53-31-17-19-34-59(53)79(48-25-10-6-11-26-48)74(66)82-70-51-29-15-14-23-46(51)39-61(81-73)68(70)78/h5-42H,1-4H3. The van der Waals surface area contributed by atoms with Gasteiger partial charge in [-0.1, -0.05) is 226 Å². The van der Waals surface area contributed by atoms with Crippen LogP contribution < -0.4 is 31.3 Å². The van der Waals surface area contributed by atoms with Crippen molar-refractivity contribution in [2.45, 2.75) is 48.3 Å². The van der Waals surface area contributed by atoms with Crippen LogP contribution in [0.4, 0.5) is 0 Å². The largest absolute Gasteiger partial charge is 0.441 e. The van der Waals surface area contributed by atoms with E-state index in [1.807, 2.05) is 23.5 Å². The minimum Gasteiger partial charge on any atom is -0.441 e. The van der Waals surface area contributed by atoms with Gasteiger partial charge in [-0.05, 0) is 153 Å². The van der Waals surface area contributed by atoms with Crippen molar-refractivity contribution >= 4 is 113 Å². The van der Waals surface area contributed by atoms with Crippen molar-refractivity contribution in [2.75, 3.05) is 0 Å². The highest BCUT2D eigenvalue weighted by Crippen LogP contribution is 2.64. The van der Waals surface area contributed by atoms with E-state index in [0.717, 1.165) is 83.6 Å². The number of allylic oxidation sites excluding steroid dienone is 2. The highest BCUT2D eigenvalue weighted by atomic mass is 32.2. The van der Waals surface area contributed by atoms with Crippen LogP contribution in [0.25, 0.3) is 87.9 Å². The molecule has 0 saturated heterocycles. The molecule has 0 N–H and O–H groups in total. The molecular weight excluding hydrogens is 1060 g/mol. The first kappa shape index (κ1) is 47.4. The molecule has 0 spiro atoms. The van der Waals surface area contributed by atoms with Crippen LogP contribution in [0.2, 0.25) is 0 Å². The van der Waals surface area contributed by atoms with E-state index < -0.39 is 0 Å². The number of thioether (sulfide) groups is 2. The molecule has 6 heterocycles. The summed E-state index contributed by atoms with van der Waals surface area (Å²) in [6, 6.07) is 85.5. The van der Waals surface area contributed by atoms with Crippen LogP contribution in [-0.2, 0) is 10.8 Å². The highest BCUT2D eigenvalue weighted by molar-refractivity contribution is 8.05. The third-order valence-corrected chi connectivity index (χ3v) is 22.4. The lowest BCUT2D eigenvalue weighted by molar-refractivity contribution is 0.442. The van der Waals surface area contributed by atoms with E-state index in [1.54, 1.807) is 0 Å². The van der Waals surface area contributed by atoms with Crippen molar-refractivity contribution in [2.24, 2.45) is 0 Å². The third-order valence-electron chi connectivity index (χ3n) is 19.4. The van der Waals surface area contributed by atoms with Gasteiger partial charge < -0.3 is 9.47 Å². The number of hydrogen-bond acceptors (Lipinski definition) is 4.